The van der Waals surface area contributed by atoms with Gasteiger partial charge in [-0.25, -0.2) is 0 Å². The summed E-state index contributed by atoms with van der Waals surface area (Å²) < 4.78 is 2.43. The first-order valence-electron chi connectivity index (χ1n) is 20.7. The molecule has 0 aliphatic rings. The fraction of sp³-hybridized carbons (Fsp3) is 0. The number of hydrogen-bond donors (Lipinski definition) is 0. The van der Waals surface area contributed by atoms with Gasteiger partial charge in [-0.2, -0.15) is 0 Å². The van der Waals surface area contributed by atoms with Gasteiger partial charge in [0.1, 0.15) is 0 Å². The van der Waals surface area contributed by atoms with Crippen LogP contribution in [0, 0.1) is 0 Å². The highest BCUT2D eigenvalue weighted by atomic mass is 15.1. The second kappa shape index (κ2) is 13.9. The van der Waals surface area contributed by atoms with Crippen LogP contribution in [0.5, 0.6) is 0 Å². The lowest BCUT2D eigenvalue weighted by atomic mass is 9.90. The van der Waals surface area contributed by atoms with Crippen molar-refractivity contribution < 1.29 is 0 Å². The van der Waals surface area contributed by atoms with Crippen LogP contribution in [0.15, 0.2) is 231 Å². The molecule has 0 spiro atoms. The van der Waals surface area contributed by atoms with Crippen molar-refractivity contribution in [1.29, 1.82) is 0 Å². The zero-order valence-corrected chi connectivity index (χ0v) is 32.8. The maximum absolute atomic E-state index is 2.43. The fourth-order valence-electron chi connectivity index (χ4n) is 9.51. The van der Waals surface area contributed by atoms with Gasteiger partial charge < -0.3 is 9.47 Å². The van der Waals surface area contributed by atoms with Crippen LogP contribution in [-0.2, 0) is 0 Å². The lowest BCUT2D eigenvalue weighted by molar-refractivity contribution is 1.17. The molecule has 12 rings (SSSR count). The van der Waals surface area contributed by atoms with E-state index < -0.39 is 0 Å². The van der Waals surface area contributed by atoms with Crippen molar-refractivity contribution in [2.24, 2.45) is 0 Å². The molecule has 0 aliphatic carbocycles. The molecule has 1 heterocycles. The molecule has 0 fully saturated rings. The Balaban J connectivity index is 1.04. The van der Waals surface area contributed by atoms with Crippen molar-refractivity contribution in [3.63, 3.8) is 0 Å². The monoisotopic (exact) mass is 762 g/mol. The minimum Gasteiger partial charge on any atom is -0.310 e. The molecular formula is C58H38N2. The van der Waals surface area contributed by atoms with Gasteiger partial charge >= 0.3 is 0 Å². The normalized spacial score (nSPS) is 11.7. The number of benzene rings is 11. The van der Waals surface area contributed by atoms with E-state index in [1.54, 1.807) is 0 Å². The van der Waals surface area contributed by atoms with Crippen molar-refractivity contribution in [2.45, 2.75) is 0 Å². The Hall–Kier alpha value is -7.94. The Labute approximate surface area is 348 Å². The maximum atomic E-state index is 2.43. The van der Waals surface area contributed by atoms with Crippen LogP contribution in [0.1, 0.15) is 0 Å². The van der Waals surface area contributed by atoms with Crippen LogP contribution in [0.25, 0.3) is 92.8 Å². The average molecular weight is 763 g/mol. The van der Waals surface area contributed by atoms with E-state index in [4.69, 9.17) is 0 Å². The van der Waals surface area contributed by atoms with E-state index in [0.717, 1.165) is 22.7 Å². The van der Waals surface area contributed by atoms with E-state index in [1.807, 2.05) is 0 Å². The Morgan fingerprint density at radius 2 is 0.900 bits per heavy atom. The topological polar surface area (TPSA) is 8.17 Å². The molecule has 2 heteroatoms. The van der Waals surface area contributed by atoms with Crippen LogP contribution in [0.3, 0.4) is 0 Å². The van der Waals surface area contributed by atoms with Gasteiger partial charge in [-0.05, 0) is 132 Å². The molecular weight excluding hydrogens is 725 g/mol. The molecule has 2 nitrogen and oxygen atoms in total. The van der Waals surface area contributed by atoms with Gasteiger partial charge in [0.05, 0.1) is 11.0 Å². The lowest BCUT2D eigenvalue weighted by Crippen LogP contribution is -2.10. The number of fused-ring (bicyclic) bond motifs is 9. The highest BCUT2D eigenvalue weighted by molar-refractivity contribution is 6.24. The van der Waals surface area contributed by atoms with E-state index in [1.165, 1.54) is 87.1 Å². The zero-order valence-electron chi connectivity index (χ0n) is 32.8. The molecule has 0 saturated heterocycles. The van der Waals surface area contributed by atoms with Crippen LogP contribution >= 0.6 is 0 Å². The molecule has 0 aliphatic heterocycles. The number of para-hydroxylation sites is 1. The predicted octanol–water partition coefficient (Wildman–Crippen LogP) is 16.2. The SMILES string of the molecule is c1ccc(-c2cccc(N(c3ccc(-c4cc5ccccc5c5c4ccc4ccccc45)cc3)c3cccc(-n4c5ccccc5c5cc6ccccc6cc54)c3)c2)cc1. The molecule has 0 N–H and O–H groups in total. The highest BCUT2D eigenvalue weighted by Crippen LogP contribution is 2.43. The average Bonchev–Trinajstić information content (AvgIpc) is 3.64. The molecule has 280 valence electrons. The van der Waals surface area contributed by atoms with E-state index in [2.05, 4.69) is 240 Å². The molecule has 0 saturated carbocycles. The molecule has 60 heavy (non-hydrogen) atoms. The fourth-order valence-corrected chi connectivity index (χ4v) is 9.51. The number of nitrogens with zero attached hydrogens (tertiary/aromatic N) is 2. The van der Waals surface area contributed by atoms with Crippen molar-refractivity contribution in [1.82, 2.24) is 4.57 Å². The van der Waals surface area contributed by atoms with Crippen molar-refractivity contribution in [3.05, 3.63) is 231 Å². The van der Waals surface area contributed by atoms with Gasteiger partial charge in [-0.1, -0.05) is 164 Å². The molecule has 0 radical (unpaired) electrons. The van der Waals surface area contributed by atoms with E-state index in [9.17, 15) is 0 Å². The summed E-state index contributed by atoms with van der Waals surface area (Å²) in [5.74, 6) is 0. The Morgan fingerprint density at radius 3 is 1.70 bits per heavy atom. The molecule has 0 amide bonds. The first-order valence-corrected chi connectivity index (χ1v) is 20.7. The van der Waals surface area contributed by atoms with E-state index in [-0.39, 0.29) is 0 Å². The number of rotatable bonds is 6. The lowest BCUT2D eigenvalue weighted by Gasteiger charge is -2.27. The number of aromatic nitrogens is 1. The van der Waals surface area contributed by atoms with Crippen molar-refractivity contribution in [2.75, 3.05) is 4.90 Å². The Morgan fingerprint density at radius 1 is 0.283 bits per heavy atom. The summed E-state index contributed by atoms with van der Waals surface area (Å²) >= 11 is 0. The molecule has 0 unspecified atom stereocenters. The standard InChI is InChI=1S/C58H38N2/c1-2-14-39(15-3-1)42-20-12-21-47(34-42)59(48-22-13-23-49(38-48)60-56-27-11-10-26-52(56)55-35-43-17-4-5-18-44(43)37-57(55)60)46-31-28-41(29-32-46)54-36-45-19-7-9-25-51(45)58-50-24-8-6-16-40(50)30-33-53(54)58/h1-38H. The Bertz CT molecular complexity index is 3580. The van der Waals surface area contributed by atoms with Gasteiger partial charge in [-0.15, -0.1) is 0 Å². The summed E-state index contributed by atoms with van der Waals surface area (Å²) in [5, 5.41) is 12.6. The first-order chi connectivity index (χ1) is 29.7. The summed E-state index contributed by atoms with van der Waals surface area (Å²) in [5.41, 5.74) is 11.6. The summed E-state index contributed by atoms with van der Waals surface area (Å²) in [4.78, 5) is 2.40. The van der Waals surface area contributed by atoms with Gasteiger partial charge in [0.25, 0.3) is 0 Å². The van der Waals surface area contributed by atoms with Crippen molar-refractivity contribution in [3.8, 4) is 27.9 Å². The van der Waals surface area contributed by atoms with Gasteiger partial charge in [-0.3, -0.25) is 0 Å². The summed E-state index contributed by atoms with van der Waals surface area (Å²) in [7, 11) is 0. The molecule has 0 bridgehead atoms. The van der Waals surface area contributed by atoms with Crippen LogP contribution < -0.4 is 4.90 Å². The number of anilines is 3. The highest BCUT2D eigenvalue weighted by Gasteiger charge is 2.19. The maximum Gasteiger partial charge on any atom is 0.0547 e. The van der Waals surface area contributed by atoms with Gasteiger partial charge in [0.2, 0.25) is 0 Å². The summed E-state index contributed by atoms with van der Waals surface area (Å²) in [6.07, 6.45) is 0. The second-order valence-electron chi connectivity index (χ2n) is 15.7. The second-order valence-corrected chi connectivity index (χ2v) is 15.7. The third-order valence-electron chi connectivity index (χ3n) is 12.3. The van der Waals surface area contributed by atoms with E-state index in [0.29, 0.717) is 0 Å². The quantitative estimate of drug-likeness (QED) is 0.153. The van der Waals surface area contributed by atoms with Crippen LogP contribution in [0.4, 0.5) is 17.1 Å². The van der Waals surface area contributed by atoms with Gasteiger partial charge in [0, 0.05) is 33.5 Å². The molecule has 0 atom stereocenters. The molecule has 1 aromatic heterocycles. The Kier molecular flexibility index (Phi) is 7.89. The van der Waals surface area contributed by atoms with Crippen molar-refractivity contribution >= 4 is 82.0 Å². The smallest absolute Gasteiger partial charge is 0.0547 e. The van der Waals surface area contributed by atoms with Crippen LogP contribution in [-0.4, -0.2) is 4.57 Å². The third-order valence-corrected chi connectivity index (χ3v) is 12.3. The van der Waals surface area contributed by atoms with Gasteiger partial charge in [0.15, 0.2) is 0 Å². The molecule has 11 aromatic carbocycles. The largest absolute Gasteiger partial charge is 0.310 e. The number of hydrogen-bond acceptors (Lipinski definition) is 1. The first kappa shape index (κ1) is 34.1. The minimum atomic E-state index is 1.08. The predicted molar refractivity (Wildman–Crippen MR) is 256 cm³/mol. The summed E-state index contributed by atoms with van der Waals surface area (Å²) in [6.45, 7) is 0. The zero-order chi connectivity index (χ0) is 39.6. The summed E-state index contributed by atoms with van der Waals surface area (Å²) in [6, 6.07) is 84.3. The molecule has 12 aromatic rings. The van der Waals surface area contributed by atoms with Crippen LogP contribution in [0.2, 0.25) is 0 Å². The third kappa shape index (κ3) is 5.57. The van der Waals surface area contributed by atoms with E-state index >= 15 is 0 Å². The minimum absolute atomic E-state index is 1.08.